The predicted octanol–water partition coefficient (Wildman–Crippen LogP) is 3.73. The second-order valence-electron chi connectivity index (χ2n) is 18.0. The Morgan fingerprint density at radius 3 is 1.48 bits per heavy atom. The van der Waals surface area contributed by atoms with Crippen molar-refractivity contribution in [2.24, 2.45) is 11.8 Å². The van der Waals surface area contributed by atoms with E-state index in [4.69, 9.17) is 0 Å². The molecule has 4 saturated heterocycles. The second kappa shape index (κ2) is 20.8. The lowest BCUT2D eigenvalue weighted by Gasteiger charge is -2.38. The van der Waals surface area contributed by atoms with Crippen molar-refractivity contribution in [1.82, 2.24) is 50.3 Å². The highest BCUT2D eigenvalue weighted by Gasteiger charge is 2.29. The molecule has 0 aromatic carbocycles. The van der Waals surface area contributed by atoms with Crippen LogP contribution in [0, 0.1) is 11.8 Å². The van der Waals surface area contributed by atoms with Gasteiger partial charge in [0.15, 0.2) is 0 Å². The van der Waals surface area contributed by atoms with Crippen LogP contribution in [0.25, 0.3) is 0 Å². The summed E-state index contributed by atoms with van der Waals surface area (Å²) in [5, 5.41) is 5.54. The number of carbonyl (C=O) groups is 2. The van der Waals surface area contributed by atoms with Gasteiger partial charge in [-0.1, -0.05) is 6.92 Å². The zero-order valence-corrected chi connectivity index (χ0v) is 37.0. The maximum Gasteiger partial charge on any atom is 0.269 e. The van der Waals surface area contributed by atoms with Gasteiger partial charge in [-0.05, 0) is 126 Å². The maximum absolute atomic E-state index is 13.1. The van der Waals surface area contributed by atoms with E-state index in [1.807, 2.05) is 19.1 Å². The van der Waals surface area contributed by atoms with Crippen LogP contribution in [0.1, 0.15) is 114 Å². The van der Waals surface area contributed by atoms with Crippen molar-refractivity contribution in [3.05, 3.63) is 104 Å². The molecule has 2 amide bonds. The predicted molar refractivity (Wildman–Crippen MR) is 244 cm³/mol. The smallest absolute Gasteiger partial charge is 0.269 e. The normalized spacial score (nSPS) is 19.0. The molecule has 4 fully saturated rings. The summed E-state index contributed by atoms with van der Waals surface area (Å²) in [6.07, 6.45) is 16.5. The first-order valence-electron chi connectivity index (χ1n) is 23.3. The number of amides is 2. The summed E-state index contributed by atoms with van der Waals surface area (Å²) in [5.41, 5.74) is 4.06. The molecule has 4 aliphatic rings. The van der Waals surface area contributed by atoms with E-state index in [2.05, 4.69) is 60.1 Å². The van der Waals surface area contributed by atoms with Crippen LogP contribution in [0.5, 0.6) is 0 Å². The SMILES string of the molecule is CCc1cnc(C2CCN(CC3CCN(c4ccc(C(=O)NCCc5cnc(C6CCN(CC7CCN(c8ccc(C(=O)NC)nc8)CC7)CC6)[nH]c5=O)nc4)CC3)CC2)[nH]c1=O. The number of piperidine rings is 4. The van der Waals surface area contributed by atoms with Crippen molar-refractivity contribution in [3.8, 4) is 0 Å². The maximum atomic E-state index is 13.1. The van der Waals surface area contributed by atoms with Gasteiger partial charge >= 0.3 is 0 Å². The molecule has 0 spiro atoms. The number of aryl methyl sites for hydroxylation is 1. The van der Waals surface area contributed by atoms with Crippen molar-refractivity contribution < 1.29 is 9.59 Å². The van der Waals surface area contributed by atoms with Gasteiger partial charge in [-0.3, -0.25) is 19.2 Å². The number of aromatic amines is 2. The molecule has 16 heteroatoms. The highest BCUT2D eigenvalue weighted by molar-refractivity contribution is 5.92. The molecule has 4 aromatic heterocycles. The molecule has 4 N–H and O–H groups in total. The Morgan fingerprint density at radius 2 is 1.06 bits per heavy atom. The van der Waals surface area contributed by atoms with E-state index in [0.717, 1.165) is 145 Å². The first kappa shape index (κ1) is 44.1. The topological polar surface area (TPSA) is 188 Å². The summed E-state index contributed by atoms with van der Waals surface area (Å²) < 4.78 is 0. The summed E-state index contributed by atoms with van der Waals surface area (Å²) in [6.45, 7) is 12.4. The van der Waals surface area contributed by atoms with Crippen molar-refractivity contribution >= 4 is 23.2 Å². The van der Waals surface area contributed by atoms with Gasteiger partial charge in [0.25, 0.3) is 22.9 Å². The molecule has 0 saturated carbocycles. The minimum atomic E-state index is -0.256. The molecule has 8 rings (SSSR count). The van der Waals surface area contributed by atoms with E-state index in [0.29, 0.717) is 54.1 Å². The molecule has 16 nitrogen and oxygen atoms in total. The van der Waals surface area contributed by atoms with Gasteiger partial charge in [0.05, 0.1) is 23.8 Å². The summed E-state index contributed by atoms with van der Waals surface area (Å²) in [6, 6.07) is 7.54. The zero-order chi connectivity index (χ0) is 43.7. The largest absolute Gasteiger partial charge is 0.370 e. The van der Waals surface area contributed by atoms with Crippen molar-refractivity contribution in [1.29, 1.82) is 0 Å². The number of nitrogens with one attached hydrogen (secondary N) is 4. The van der Waals surface area contributed by atoms with Crippen LogP contribution in [0.15, 0.2) is 58.6 Å². The van der Waals surface area contributed by atoms with Crippen LogP contribution in [0.4, 0.5) is 11.4 Å². The summed E-state index contributed by atoms with van der Waals surface area (Å²) in [5.74, 6) is 3.01. The van der Waals surface area contributed by atoms with Gasteiger partial charge in [-0.15, -0.1) is 0 Å². The summed E-state index contributed by atoms with van der Waals surface area (Å²) >= 11 is 0. The van der Waals surface area contributed by atoms with Gasteiger partial charge in [-0.2, -0.15) is 0 Å². The lowest BCUT2D eigenvalue weighted by atomic mass is 9.92. The Labute approximate surface area is 369 Å². The van der Waals surface area contributed by atoms with Gasteiger partial charge in [0, 0.05) is 88.2 Å². The van der Waals surface area contributed by atoms with Crippen LogP contribution >= 0.6 is 0 Å². The molecule has 63 heavy (non-hydrogen) atoms. The highest BCUT2D eigenvalue weighted by Crippen LogP contribution is 2.30. The van der Waals surface area contributed by atoms with Gasteiger partial charge in [-0.25, -0.2) is 19.9 Å². The molecule has 0 bridgehead atoms. The van der Waals surface area contributed by atoms with E-state index in [1.54, 1.807) is 44.0 Å². The minimum absolute atomic E-state index is 0.00150. The second-order valence-corrected chi connectivity index (χ2v) is 18.0. The van der Waals surface area contributed by atoms with E-state index in [9.17, 15) is 19.2 Å². The molecule has 0 radical (unpaired) electrons. The molecule has 0 aliphatic carbocycles. The van der Waals surface area contributed by atoms with Crippen LogP contribution in [0.3, 0.4) is 0 Å². The number of carbonyl (C=O) groups excluding carboxylic acids is 2. The van der Waals surface area contributed by atoms with Gasteiger partial charge in [0.2, 0.25) is 0 Å². The number of anilines is 2. The number of likely N-dealkylation sites (tertiary alicyclic amines) is 2. The number of hydrogen-bond donors (Lipinski definition) is 4. The van der Waals surface area contributed by atoms with Crippen LogP contribution < -0.4 is 31.6 Å². The first-order valence-corrected chi connectivity index (χ1v) is 23.3. The Balaban J connectivity index is 0.705. The van der Waals surface area contributed by atoms with E-state index < -0.39 is 0 Å². The Kier molecular flexibility index (Phi) is 14.6. The average Bonchev–Trinajstić information content (AvgIpc) is 3.33. The zero-order valence-electron chi connectivity index (χ0n) is 37.0. The lowest BCUT2D eigenvalue weighted by molar-refractivity contribution is 0.0944. The first-order chi connectivity index (χ1) is 30.7. The van der Waals surface area contributed by atoms with Crippen LogP contribution in [-0.2, 0) is 12.8 Å². The molecule has 336 valence electrons. The van der Waals surface area contributed by atoms with Crippen molar-refractivity contribution in [2.45, 2.75) is 83.0 Å². The van der Waals surface area contributed by atoms with Crippen molar-refractivity contribution in [2.75, 3.05) is 88.8 Å². The fourth-order valence-electron chi connectivity index (χ4n) is 9.91. The molecule has 4 aromatic rings. The Bertz CT molecular complexity index is 2250. The quantitative estimate of drug-likeness (QED) is 0.144. The number of pyridine rings is 2. The molecule has 0 atom stereocenters. The number of hydrogen-bond acceptors (Lipinski definition) is 12. The molecule has 8 heterocycles. The number of rotatable bonds is 14. The monoisotopic (exact) mass is 861 g/mol. The molecular weight excluding hydrogens is 797 g/mol. The summed E-state index contributed by atoms with van der Waals surface area (Å²) in [4.78, 5) is 84.1. The number of H-pyrrole nitrogens is 2. The summed E-state index contributed by atoms with van der Waals surface area (Å²) in [7, 11) is 1.61. The van der Waals surface area contributed by atoms with Crippen molar-refractivity contribution in [3.63, 3.8) is 0 Å². The van der Waals surface area contributed by atoms with Crippen LogP contribution in [0.2, 0.25) is 0 Å². The third kappa shape index (κ3) is 11.2. The lowest BCUT2D eigenvalue weighted by Crippen LogP contribution is -2.41. The third-order valence-electron chi connectivity index (χ3n) is 14.0. The fourth-order valence-corrected chi connectivity index (χ4v) is 9.91. The van der Waals surface area contributed by atoms with Gasteiger partial charge in [0.1, 0.15) is 23.0 Å². The number of aromatic nitrogens is 6. The standard InChI is InChI=1S/C47H64N12O4/c1-3-34-26-52-42(54-44(34)60)35-13-18-56(19-14-35)30-33-11-24-59(25-12-33)39-5-7-41(51-29-39)47(63)49-17-8-37-27-53-43(55-45(37)61)36-15-20-57(21-16-36)31-32-9-22-58(23-10-32)38-4-6-40(50-28-38)46(62)48-2/h4-7,26-29,32-33,35-36H,3,8-25,30-31H2,1-2H3,(H,48,62)(H,49,63)(H,52,54,60)(H,53,55,61). The van der Waals surface area contributed by atoms with Gasteiger partial charge < -0.3 is 40.2 Å². The average molecular weight is 861 g/mol. The van der Waals surface area contributed by atoms with E-state index in [1.165, 1.54) is 0 Å². The Hall–Kier alpha value is -5.48. The minimum Gasteiger partial charge on any atom is -0.370 e. The number of nitrogens with zero attached hydrogens (tertiary/aromatic N) is 8. The Morgan fingerprint density at radius 1 is 0.603 bits per heavy atom. The van der Waals surface area contributed by atoms with E-state index in [-0.39, 0.29) is 28.9 Å². The molecule has 0 unspecified atom stereocenters. The highest BCUT2D eigenvalue weighted by atomic mass is 16.2. The third-order valence-corrected chi connectivity index (χ3v) is 14.0. The fraction of sp³-hybridized carbons (Fsp3) is 0.574. The molecular formula is C47H64N12O4. The van der Waals surface area contributed by atoms with E-state index >= 15 is 0 Å². The van der Waals surface area contributed by atoms with Crippen LogP contribution in [-0.4, -0.2) is 131 Å². The molecule has 4 aliphatic heterocycles.